The topological polar surface area (TPSA) is 28.2 Å². The van der Waals surface area contributed by atoms with E-state index in [0.717, 1.165) is 18.8 Å². The second-order valence-electron chi connectivity index (χ2n) is 4.31. The first-order valence-corrected chi connectivity index (χ1v) is 5.66. The number of rotatable bonds is 4. The summed E-state index contributed by atoms with van der Waals surface area (Å²) in [6.07, 6.45) is 4.49. The number of hydrogen-bond acceptors (Lipinski definition) is 3. The summed E-state index contributed by atoms with van der Waals surface area (Å²) >= 11 is 0. The van der Waals surface area contributed by atoms with Crippen LogP contribution in [-0.4, -0.2) is 36.1 Å². The molecule has 82 valence electrons. The Bertz CT molecular complexity index is 280. The van der Waals surface area contributed by atoms with Crippen molar-refractivity contribution in [2.75, 3.05) is 20.1 Å². The van der Waals surface area contributed by atoms with Crippen molar-refractivity contribution in [3.05, 3.63) is 30.1 Å². The van der Waals surface area contributed by atoms with Gasteiger partial charge in [0.25, 0.3) is 0 Å². The lowest BCUT2D eigenvalue weighted by molar-refractivity contribution is 0.290. The summed E-state index contributed by atoms with van der Waals surface area (Å²) in [5, 5.41) is 3.51. The summed E-state index contributed by atoms with van der Waals surface area (Å²) in [7, 11) is 2.16. The minimum Gasteiger partial charge on any atom is -0.313 e. The van der Waals surface area contributed by atoms with Gasteiger partial charge in [-0.15, -0.1) is 0 Å². The highest BCUT2D eigenvalue weighted by Gasteiger charge is 2.15. The zero-order valence-electron chi connectivity index (χ0n) is 9.32. The molecule has 0 amide bonds. The number of aromatic nitrogens is 1. The Labute approximate surface area is 91.5 Å². The molecule has 0 aliphatic carbocycles. The molecule has 1 saturated heterocycles. The van der Waals surface area contributed by atoms with Crippen LogP contribution in [0.1, 0.15) is 18.5 Å². The normalized spacial score (nSPS) is 21.1. The molecule has 0 aromatic carbocycles. The second-order valence-corrected chi connectivity index (χ2v) is 4.31. The number of nitrogens with zero attached hydrogens (tertiary/aromatic N) is 2. The van der Waals surface area contributed by atoms with E-state index in [1.54, 1.807) is 0 Å². The molecule has 1 aliphatic rings. The van der Waals surface area contributed by atoms with E-state index in [2.05, 4.69) is 28.3 Å². The molecule has 1 aromatic rings. The zero-order chi connectivity index (χ0) is 10.5. The summed E-state index contributed by atoms with van der Waals surface area (Å²) in [6.45, 7) is 3.25. The van der Waals surface area contributed by atoms with E-state index in [1.165, 1.54) is 19.4 Å². The molecule has 2 rings (SSSR count). The maximum atomic E-state index is 4.33. The van der Waals surface area contributed by atoms with Crippen LogP contribution >= 0.6 is 0 Å². The first-order valence-electron chi connectivity index (χ1n) is 5.66. The van der Waals surface area contributed by atoms with Crippen molar-refractivity contribution in [2.24, 2.45) is 0 Å². The van der Waals surface area contributed by atoms with E-state index in [-0.39, 0.29) is 0 Å². The van der Waals surface area contributed by atoms with Crippen molar-refractivity contribution < 1.29 is 0 Å². The Hall–Kier alpha value is -0.930. The molecular formula is C12H19N3. The third kappa shape index (κ3) is 3.29. The van der Waals surface area contributed by atoms with Gasteiger partial charge in [-0.3, -0.25) is 9.88 Å². The average molecular weight is 205 g/mol. The Balaban J connectivity index is 1.79. The Morgan fingerprint density at radius 1 is 1.53 bits per heavy atom. The van der Waals surface area contributed by atoms with Gasteiger partial charge in [0.2, 0.25) is 0 Å². The lowest BCUT2D eigenvalue weighted by Crippen LogP contribution is -2.35. The Kier molecular flexibility index (Phi) is 3.69. The van der Waals surface area contributed by atoms with Crippen molar-refractivity contribution in [3.8, 4) is 0 Å². The van der Waals surface area contributed by atoms with Crippen LogP contribution in [0.4, 0.5) is 0 Å². The molecule has 3 heteroatoms. The SMILES string of the molecule is CN(Cc1ccccn1)C[C@@H]1CCCN1. The van der Waals surface area contributed by atoms with Gasteiger partial charge < -0.3 is 5.32 Å². The largest absolute Gasteiger partial charge is 0.313 e. The van der Waals surface area contributed by atoms with Crippen molar-refractivity contribution in [3.63, 3.8) is 0 Å². The molecule has 0 bridgehead atoms. The van der Waals surface area contributed by atoms with Crippen LogP contribution in [0.15, 0.2) is 24.4 Å². The summed E-state index contributed by atoms with van der Waals surface area (Å²) in [5.74, 6) is 0. The van der Waals surface area contributed by atoms with Crippen LogP contribution in [0.5, 0.6) is 0 Å². The van der Waals surface area contributed by atoms with Crippen molar-refractivity contribution in [2.45, 2.75) is 25.4 Å². The molecule has 1 atom stereocenters. The second kappa shape index (κ2) is 5.24. The predicted octanol–water partition coefficient (Wildman–Crippen LogP) is 1.27. The first-order chi connectivity index (χ1) is 7.34. The van der Waals surface area contributed by atoms with E-state index in [0.29, 0.717) is 6.04 Å². The van der Waals surface area contributed by atoms with Crippen LogP contribution in [0.25, 0.3) is 0 Å². The molecule has 1 N–H and O–H groups in total. The maximum absolute atomic E-state index is 4.33. The van der Waals surface area contributed by atoms with Crippen LogP contribution in [0, 0.1) is 0 Å². The van der Waals surface area contributed by atoms with Gasteiger partial charge in [-0.2, -0.15) is 0 Å². The minimum absolute atomic E-state index is 0.679. The highest BCUT2D eigenvalue weighted by molar-refractivity contribution is 5.03. The molecule has 0 unspecified atom stereocenters. The van der Waals surface area contributed by atoms with Crippen LogP contribution in [0.2, 0.25) is 0 Å². The van der Waals surface area contributed by atoms with Crippen molar-refractivity contribution in [1.82, 2.24) is 15.2 Å². The lowest BCUT2D eigenvalue weighted by Gasteiger charge is -2.20. The number of hydrogen-bond donors (Lipinski definition) is 1. The van der Waals surface area contributed by atoms with Gasteiger partial charge in [0.1, 0.15) is 0 Å². The summed E-state index contributed by atoms with van der Waals surface area (Å²) < 4.78 is 0. The minimum atomic E-state index is 0.679. The Morgan fingerprint density at radius 3 is 3.13 bits per heavy atom. The zero-order valence-corrected chi connectivity index (χ0v) is 9.32. The van der Waals surface area contributed by atoms with Gasteiger partial charge >= 0.3 is 0 Å². The molecule has 0 spiro atoms. The third-order valence-corrected chi connectivity index (χ3v) is 2.85. The summed E-state index contributed by atoms with van der Waals surface area (Å²) in [5.41, 5.74) is 1.15. The molecule has 0 radical (unpaired) electrons. The summed E-state index contributed by atoms with van der Waals surface area (Å²) in [4.78, 5) is 6.67. The maximum Gasteiger partial charge on any atom is 0.0543 e. The van der Waals surface area contributed by atoms with Gasteiger partial charge in [-0.25, -0.2) is 0 Å². The van der Waals surface area contributed by atoms with Crippen molar-refractivity contribution >= 4 is 0 Å². The highest BCUT2D eigenvalue weighted by atomic mass is 15.1. The molecule has 1 aliphatic heterocycles. The van der Waals surface area contributed by atoms with E-state index in [9.17, 15) is 0 Å². The van der Waals surface area contributed by atoms with Gasteiger partial charge in [-0.05, 0) is 38.6 Å². The fourth-order valence-electron chi connectivity index (χ4n) is 2.12. The molecule has 1 aromatic heterocycles. The fourth-order valence-corrected chi connectivity index (χ4v) is 2.12. The molecule has 1 fully saturated rings. The summed E-state index contributed by atoms with van der Waals surface area (Å²) in [6, 6.07) is 6.77. The van der Waals surface area contributed by atoms with E-state index < -0.39 is 0 Å². The quantitative estimate of drug-likeness (QED) is 0.802. The lowest BCUT2D eigenvalue weighted by atomic mass is 10.2. The fraction of sp³-hybridized carbons (Fsp3) is 0.583. The number of nitrogens with one attached hydrogen (secondary N) is 1. The van der Waals surface area contributed by atoms with Crippen LogP contribution in [-0.2, 0) is 6.54 Å². The van der Waals surface area contributed by atoms with Crippen molar-refractivity contribution in [1.29, 1.82) is 0 Å². The predicted molar refractivity (Wildman–Crippen MR) is 61.6 cm³/mol. The van der Waals surface area contributed by atoms with Gasteiger partial charge in [-0.1, -0.05) is 6.07 Å². The van der Waals surface area contributed by atoms with E-state index >= 15 is 0 Å². The van der Waals surface area contributed by atoms with Gasteiger partial charge in [0.05, 0.1) is 5.69 Å². The molecular weight excluding hydrogens is 186 g/mol. The van der Waals surface area contributed by atoms with Crippen LogP contribution in [0.3, 0.4) is 0 Å². The molecule has 2 heterocycles. The average Bonchev–Trinajstić information content (AvgIpc) is 2.71. The standard InChI is InChI=1S/C12H19N3/c1-15(10-12-6-4-8-14-12)9-11-5-2-3-7-13-11/h2-3,5,7,12,14H,4,6,8-10H2,1H3/t12-/m0/s1. The molecule has 0 saturated carbocycles. The molecule has 15 heavy (non-hydrogen) atoms. The van der Waals surface area contributed by atoms with E-state index in [1.807, 2.05) is 18.3 Å². The third-order valence-electron chi connectivity index (χ3n) is 2.85. The number of likely N-dealkylation sites (N-methyl/N-ethyl adjacent to an activating group) is 1. The molecule has 3 nitrogen and oxygen atoms in total. The van der Waals surface area contributed by atoms with Gasteiger partial charge in [0.15, 0.2) is 0 Å². The van der Waals surface area contributed by atoms with E-state index in [4.69, 9.17) is 0 Å². The highest BCUT2D eigenvalue weighted by Crippen LogP contribution is 2.07. The smallest absolute Gasteiger partial charge is 0.0543 e. The Morgan fingerprint density at radius 2 is 2.47 bits per heavy atom. The first kappa shape index (κ1) is 10.6. The monoisotopic (exact) mass is 205 g/mol. The van der Waals surface area contributed by atoms with Crippen LogP contribution < -0.4 is 5.32 Å². The number of pyridine rings is 1. The van der Waals surface area contributed by atoms with Gasteiger partial charge in [0, 0.05) is 25.3 Å².